The molecule has 2 aromatic carbocycles. The SMILES string of the molecule is CCc1c(F)ccc2cc(O)cc(N3CCc4c(nc(OC[C@]56CCCN5[C@H](COC)CC6)nc4N4CCCC(C)(O)C4)C3)c12. The summed E-state index contributed by atoms with van der Waals surface area (Å²) >= 11 is 0. The summed E-state index contributed by atoms with van der Waals surface area (Å²) in [6, 6.07) is 7.46. The van der Waals surface area contributed by atoms with E-state index in [0.717, 1.165) is 91.8 Å². The fourth-order valence-corrected chi connectivity index (χ4v) is 8.57. The van der Waals surface area contributed by atoms with Crippen molar-refractivity contribution in [2.24, 2.45) is 0 Å². The number of piperidine rings is 1. The van der Waals surface area contributed by atoms with Crippen molar-refractivity contribution in [2.45, 2.75) is 88.9 Å². The minimum absolute atomic E-state index is 0.0233. The number of phenols is 1. The van der Waals surface area contributed by atoms with Crippen LogP contribution in [-0.2, 0) is 24.1 Å². The van der Waals surface area contributed by atoms with Gasteiger partial charge in [0.2, 0.25) is 0 Å². The van der Waals surface area contributed by atoms with Crippen LogP contribution in [0.1, 0.15) is 69.2 Å². The number of β-amino-alcohol motifs (C(OH)–C–C–N with tert-alkyl or cyclic N) is 1. The minimum Gasteiger partial charge on any atom is -0.508 e. The Morgan fingerprint density at radius 1 is 1.07 bits per heavy atom. The highest BCUT2D eigenvalue weighted by molar-refractivity contribution is 5.98. The van der Waals surface area contributed by atoms with Crippen LogP contribution in [0.5, 0.6) is 11.8 Å². The quantitative estimate of drug-likeness (QED) is 0.362. The number of aromatic hydroxyl groups is 1. The zero-order valence-corrected chi connectivity index (χ0v) is 26.8. The lowest BCUT2D eigenvalue weighted by Crippen LogP contribution is -2.48. The highest BCUT2D eigenvalue weighted by Crippen LogP contribution is 2.43. The third-order valence-electron chi connectivity index (χ3n) is 10.7. The number of hydrogen-bond acceptors (Lipinski definition) is 9. The molecular formula is C35H46FN5O4. The van der Waals surface area contributed by atoms with Crippen LogP contribution in [0.3, 0.4) is 0 Å². The predicted molar refractivity (Wildman–Crippen MR) is 173 cm³/mol. The highest BCUT2D eigenvalue weighted by Gasteiger charge is 2.50. The van der Waals surface area contributed by atoms with Crippen LogP contribution in [0.15, 0.2) is 24.3 Å². The molecule has 1 unspecified atom stereocenters. The summed E-state index contributed by atoms with van der Waals surface area (Å²) in [5, 5.41) is 23.3. The number of aromatic nitrogens is 2. The molecule has 5 heterocycles. The number of benzene rings is 2. The summed E-state index contributed by atoms with van der Waals surface area (Å²) in [5.74, 6) is 0.774. The molecule has 3 atom stereocenters. The summed E-state index contributed by atoms with van der Waals surface area (Å²) in [5.41, 5.74) is 2.60. The predicted octanol–water partition coefficient (Wildman–Crippen LogP) is 4.97. The number of aliphatic hydroxyl groups is 1. The molecule has 0 aliphatic carbocycles. The van der Waals surface area contributed by atoms with E-state index in [1.165, 1.54) is 6.07 Å². The first kappa shape index (κ1) is 30.4. The van der Waals surface area contributed by atoms with Gasteiger partial charge in [0.1, 0.15) is 24.0 Å². The molecule has 4 aliphatic rings. The Bertz CT molecular complexity index is 1580. The average Bonchev–Trinajstić information content (AvgIpc) is 3.58. The Morgan fingerprint density at radius 2 is 1.91 bits per heavy atom. The van der Waals surface area contributed by atoms with Crippen molar-refractivity contribution in [3.05, 3.63) is 46.9 Å². The summed E-state index contributed by atoms with van der Waals surface area (Å²) in [6.07, 6.45) is 7.29. The number of ether oxygens (including phenoxy) is 2. The largest absolute Gasteiger partial charge is 0.508 e. The monoisotopic (exact) mass is 619 g/mol. The first-order valence-corrected chi connectivity index (χ1v) is 16.6. The maximum absolute atomic E-state index is 15.0. The van der Waals surface area contributed by atoms with E-state index >= 15 is 0 Å². The summed E-state index contributed by atoms with van der Waals surface area (Å²) in [6.45, 7) is 8.66. The molecule has 45 heavy (non-hydrogen) atoms. The summed E-state index contributed by atoms with van der Waals surface area (Å²) in [7, 11) is 1.77. The lowest BCUT2D eigenvalue weighted by Gasteiger charge is -2.40. The zero-order chi connectivity index (χ0) is 31.3. The van der Waals surface area contributed by atoms with Gasteiger partial charge in [-0.3, -0.25) is 4.90 Å². The number of aryl methyl sites for hydroxylation is 1. The molecule has 242 valence electrons. The first-order chi connectivity index (χ1) is 21.7. The Hall–Kier alpha value is -3.21. The number of phenolic OH excluding ortho intramolecular Hbond substituents is 1. The van der Waals surface area contributed by atoms with Gasteiger partial charge in [-0.15, -0.1) is 0 Å². The molecule has 3 saturated heterocycles. The molecule has 0 amide bonds. The number of nitrogens with zero attached hydrogens (tertiary/aromatic N) is 5. The number of fused-ring (bicyclic) bond motifs is 3. The smallest absolute Gasteiger partial charge is 0.318 e. The third-order valence-corrected chi connectivity index (χ3v) is 10.7. The van der Waals surface area contributed by atoms with Crippen molar-refractivity contribution in [3.8, 4) is 11.8 Å². The standard InChI is InChI=1S/C35H46FN5O4/c1-4-26-28(36)8-7-23-17-25(42)18-30(31(23)26)39-16-10-27-29(19-39)37-33(38-32(27)40-14-5-11-34(2,43)21-40)45-22-35-12-6-15-41(35)24(9-13-35)20-44-3/h7-8,17-18,24,42-43H,4-6,9-16,19-22H2,1-3H3/t24-,34?,35+/m0/s1. The van der Waals surface area contributed by atoms with Crippen LogP contribution >= 0.6 is 0 Å². The van der Waals surface area contributed by atoms with Crippen LogP contribution < -0.4 is 14.5 Å². The molecule has 10 heteroatoms. The van der Waals surface area contributed by atoms with E-state index in [-0.39, 0.29) is 17.1 Å². The van der Waals surface area contributed by atoms with E-state index < -0.39 is 5.60 Å². The molecule has 4 aliphatic heterocycles. The molecule has 0 radical (unpaired) electrons. The van der Waals surface area contributed by atoms with Crippen molar-refractivity contribution < 1.29 is 24.1 Å². The van der Waals surface area contributed by atoms with Gasteiger partial charge in [0.15, 0.2) is 0 Å². The van der Waals surface area contributed by atoms with E-state index in [2.05, 4.69) is 14.7 Å². The lowest BCUT2D eigenvalue weighted by molar-refractivity contribution is 0.0443. The minimum atomic E-state index is -0.789. The molecule has 7 rings (SSSR count). The van der Waals surface area contributed by atoms with Gasteiger partial charge in [-0.25, -0.2) is 4.39 Å². The number of halogens is 1. The first-order valence-electron chi connectivity index (χ1n) is 16.6. The molecule has 1 aromatic heterocycles. The Balaban J connectivity index is 1.24. The van der Waals surface area contributed by atoms with Gasteiger partial charge in [-0.1, -0.05) is 13.0 Å². The highest BCUT2D eigenvalue weighted by atomic mass is 19.1. The Morgan fingerprint density at radius 3 is 2.71 bits per heavy atom. The zero-order valence-electron chi connectivity index (χ0n) is 26.8. The number of rotatable bonds is 8. The summed E-state index contributed by atoms with van der Waals surface area (Å²) < 4.78 is 27.1. The van der Waals surface area contributed by atoms with Crippen LogP contribution in [0.25, 0.3) is 10.8 Å². The molecule has 2 N–H and O–H groups in total. The van der Waals surface area contributed by atoms with E-state index in [1.54, 1.807) is 25.3 Å². The van der Waals surface area contributed by atoms with Gasteiger partial charge in [-0.05, 0) is 87.9 Å². The van der Waals surface area contributed by atoms with E-state index in [0.29, 0.717) is 56.7 Å². The van der Waals surface area contributed by atoms with Gasteiger partial charge in [0.05, 0.1) is 30.0 Å². The maximum atomic E-state index is 15.0. The molecule has 0 bridgehead atoms. The molecule has 9 nitrogen and oxygen atoms in total. The number of hydrogen-bond donors (Lipinski definition) is 2. The Labute approximate surface area is 265 Å². The van der Waals surface area contributed by atoms with Gasteiger partial charge >= 0.3 is 6.01 Å². The van der Waals surface area contributed by atoms with Gasteiger partial charge in [0, 0.05) is 55.5 Å². The summed E-state index contributed by atoms with van der Waals surface area (Å²) in [4.78, 5) is 17.0. The normalized spacial score (nSPS) is 26.8. The van der Waals surface area contributed by atoms with E-state index in [1.807, 2.05) is 13.8 Å². The van der Waals surface area contributed by atoms with Crippen molar-refractivity contribution in [1.82, 2.24) is 14.9 Å². The van der Waals surface area contributed by atoms with Crippen LogP contribution in [0, 0.1) is 5.82 Å². The Kier molecular flexibility index (Phi) is 8.02. The van der Waals surface area contributed by atoms with Crippen LogP contribution in [0.4, 0.5) is 15.9 Å². The topological polar surface area (TPSA) is 94.4 Å². The third kappa shape index (κ3) is 5.59. The van der Waals surface area contributed by atoms with Gasteiger partial charge < -0.3 is 29.5 Å². The molecule has 0 spiro atoms. The molecule has 3 fully saturated rings. The second-order valence-electron chi connectivity index (χ2n) is 13.8. The van der Waals surface area contributed by atoms with Crippen molar-refractivity contribution in [2.75, 3.05) is 56.3 Å². The van der Waals surface area contributed by atoms with Crippen LogP contribution in [0.2, 0.25) is 0 Å². The number of anilines is 2. The fourth-order valence-electron chi connectivity index (χ4n) is 8.57. The molecular weight excluding hydrogens is 573 g/mol. The number of methoxy groups -OCH3 is 1. The second-order valence-corrected chi connectivity index (χ2v) is 13.8. The van der Waals surface area contributed by atoms with Crippen LogP contribution in [-0.4, -0.2) is 88.8 Å². The van der Waals surface area contributed by atoms with Crippen molar-refractivity contribution >= 4 is 22.3 Å². The molecule has 0 saturated carbocycles. The van der Waals surface area contributed by atoms with Gasteiger partial charge in [0.25, 0.3) is 0 Å². The van der Waals surface area contributed by atoms with E-state index in [9.17, 15) is 14.6 Å². The second kappa shape index (κ2) is 11.9. The average molecular weight is 620 g/mol. The van der Waals surface area contributed by atoms with Crippen molar-refractivity contribution in [3.63, 3.8) is 0 Å². The molecule has 3 aromatic rings. The van der Waals surface area contributed by atoms with Crippen molar-refractivity contribution in [1.29, 1.82) is 0 Å². The fraction of sp³-hybridized carbons (Fsp3) is 0.600. The van der Waals surface area contributed by atoms with Gasteiger partial charge in [-0.2, -0.15) is 9.97 Å². The van der Waals surface area contributed by atoms with E-state index in [4.69, 9.17) is 19.4 Å². The lowest BCUT2D eigenvalue weighted by atomic mass is 9.94. The maximum Gasteiger partial charge on any atom is 0.318 e.